The number of amides is 1. The zero-order chi connectivity index (χ0) is 15.4. The Morgan fingerprint density at radius 2 is 1.86 bits per heavy atom. The number of nitrogens with one attached hydrogen (secondary N) is 1. The van der Waals surface area contributed by atoms with E-state index in [-0.39, 0.29) is 11.8 Å². The van der Waals surface area contributed by atoms with Gasteiger partial charge in [0, 0.05) is 11.6 Å². The summed E-state index contributed by atoms with van der Waals surface area (Å²) in [7, 11) is 0. The van der Waals surface area contributed by atoms with Crippen LogP contribution in [0.3, 0.4) is 0 Å². The summed E-state index contributed by atoms with van der Waals surface area (Å²) in [5.74, 6) is 0.840. The summed E-state index contributed by atoms with van der Waals surface area (Å²) in [6, 6.07) is 9.39. The summed E-state index contributed by atoms with van der Waals surface area (Å²) in [4.78, 5) is 21.5. The monoisotopic (exact) mass is 301 g/mol. The molecule has 0 atom stereocenters. The first-order valence-corrected chi connectivity index (χ1v) is 8.04. The van der Waals surface area contributed by atoms with E-state index in [0.717, 1.165) is 16.5 Å². The van der Waals surface area contributed by atoms with Gasteiger partial charge in [-0.1, -0.05) is 32.0 Å². The first-order chi connectivity index (χ1) is 10.0. The van der Waals surface area contributed by atoms with Crippen LogP contribution in [0.15, 0.2) is 35.4 Å². The number of aryl methyl sites for hydroxylation is 1. The molecular weight excluding hydrogens is 282 g/mol. The second-order valence-electron chi connectivity index (χ2n) is 5.03. The van der Waals surface area contributed by atoms with Gasteiger partial charge in [0.2, 0.25) is 0 Å². The van der Waals surface area contributed by atoms with E-state index in [1.54, 1.807) is 0 Å². The van der Waals surface area contributed by atoms with E-state index in [4.69, 9.17) is 0 Å². The molecule has 4 nitrogen and oxygen atoms in total. The van der Waals surface area contributed by atoms with Gasteiger partial charge in [0.25, 0.3) is 5.91 Å². The Morgan fingerprint density at radius 1 is 1.19 bits per heavy atom. The maximum Gasteiger partial charge on any atom is 0.260 e. The summed E-state index contributed by atoms with van der Waals surface area (Å²) < 4.78 is 0. The van der Waals surface area contributed by atoms with Crippen LogP contribution in [0.5, 0.6) is 0 Å². The predicted octanol–water partition coefficient (Wildman–Crippen LogP) is 3.88. The van der Waals surface area contributed by atoms with E-state index >= 15 is 0 Å². The van der Waals surface area contributed by atoms with E-state index in [2.05, 4.69) is 15.3 Å². The Balaban J connectivity index is 2.36. The van der Waals surface area contributed by atoms with E-state index in [0.29, 0.717) is 11.3 Å². The third-order valence-electron chi connectivity index (χ3n) is 3.04. The first kappa shape index (κ1) is 15.5. The number of anilines is 1. The number of aromatic nitrogens is 2. The average Bonchev–Trinajstić information content (AvgIpc) is 2.47. The van der Waals surface area contributed by atoms with Crippen molar-refractivity contribution < 1.29 is 4.79 Å². The molecule has 110 valence electrons. The molecule has 1 heterocycles. The normalized spacial score (nSPS) is 10.7. The molecule has 0 aliphatic rings. The number of hydrogen-bond acceptors (Lipinski definition) is 4. The predicted molar refractivity (Wildman–Crippen MR) is 87.0 cm³/mol. The van der Waals surface area contributed by atoms with Crippen LogP contribution >= 0.6 is 11.8 Å². The highest BCUT2D eigenvalue weighted by Gasteiger charge is 2.19. The van der Waals surface area contributed by atoms with Crippen LogP contribution in [-0.4, -0.2) is 22.1 Å². The highest BCUT2D eigenvalue weighted by Crippen LogP contribution is 2.24. The molecule has 1 aromatic carbocycles. The van der Waals surface area contributed by atoms with Crippen LogP contribution in [0.2, 0.25) is 0 Å². The Hall–Kier alpha value is -1.88. The fourth-order valence-electron chi connectivity index (χ4n) is 1.95. The molecule has 0 spiro atoms. The molecule has 0 saturated carbocycles. The molecule has 0 aliphatic heterocycles. The fraction of sp³-hybridized carbons (Fsp3) is 0.312. The second kappa shape index (κ2) is 6.72. The zero-order valence-corrected chi connectivity index (χ0v) is 13.5. The topological polar surface area (TPSA) is 54.9 Å². The molecule has 0 bridgehead atoms. The maximum absolute atomic E-state index is 12.5. The molecule has 0 saturated heterocycles. The molecule has 5 heteroatoms. The number of hydrogen-bond donors (Lipinski definition) is 1. The Morgan fingerprint density at radius 3 is 2.43 bits per heavy atom. The van der Waals surface area contributed by atoms with Crippen molar-refractivity contribution in [3.05, 3.63) is 47.4 Å². The lowest BCUT2D eigenvalue weighted by atomic mass is 10.1. The van der Waals surface area contributed by atoms with Crippen molar-refractivity contribution in [2.45, 2.75) is 31.7 Å². The molecule has 1 N–H and O–H groups in total. The number of para-hydroxylation sites is 1. The van der Waals surface area contributed by atoms with Crippen molar-refractivity contribution in [2.24, 2.45) is 0 Å². The third kappa shape index (κ3) is 3.61. The Bertz CT molecular complexity index is 641. The van der Waals surface area contributed by atoms with Gasteiger partial charge in [-0.15, -0.1) is 11.8 Å². The zero-order valence-electron chi connectivity index (χ0n) is 12.7. The smallest absolute Gasteiger partial charge is 0.260 e. The third-order valence-corrected chi connectivity index (χ3v) is 3.72. The molecule has 0 unspecified atom stereocenters. The quantitative estimate of drug-likeness (QED) is 0.687. The summed E-state index contributed by atoms with van der Waals surface area (Å²) in [6.45, 7) is 5.94. The van der Waals surface area contributed by atoms with Crippen LogP contribution < -0.4 is 5.32 Å². The minimum Gasteiger partial charge on any atom is -0.322 e. The number of nitrogens with zero attached hydrogens (tertiary/aromatic N) is 2. The van der Waals surface area contributed by atoms with Crippen molar-refractivity contribution in [1.82, 2.24) is 9.97 Å². The van der Waals surface area contributed by atoms with Crippen molar-refractivity contribution in [2.75, 3.05) is 11.6 Å². The molecule has 1 aromatic heterocycles. The van der Waals surface area contributed by atoms with Gasteiger partial charge in [-0.3, -0.25) is 4.79 Å². The summed E-state index contributed by atoms with van der Waals surface area (Å²) >= 11 is 1.47. The van der Waals surface area contributed by atoms with Gasteiger partial charge >= 0.3 is 0 Å². The number of carbonyl (C=O) groups is 1. The van der Waals surface area contributed by atoms with Crippen molar-refractivity contribution in [3.63, 3.8) is 0 Å². The number of benzene rings is 1. The summed E-state index contributed by atoms with van der Waals surface area (Å²) in [5, 5.41) is 3.61. The molecule has 21 heavy (non-hydrogen) atoms. The minimum absolute atomic E-state index is 0.168. The number of thioether (sulfide) groups is 1. The van der Waals surface area contributed by atoms with Crippen LogP contribution in [0.1, 0.15) is 41.6 Å². The fourth-order valence-corrected chi connectivity index (χ4v) is 2.58. The average molecular weight is 301 g/mol. The summed E-state index contributed by atoms with van der Waals surface area (Å²) in [6.07, 6.45) is 1.92. The van der Waals surface area contributed by atoms with Gasteiger partial charge in [-0.2, -0.15) is 0 Å². The molecular formula is C16H19N3OS. The van der Waals surface area contributed by atoms with E-state index in [9.17, 15) is 4.79 Å². The lowest BCUT2D eigenvalue weighted by Gasteiger charge is -2.13. The Labute approximate surface area is 129 Å². The number of carbonyl (C=O) groups excluding carboxylic acids is 1. The maximum atomic E-state index is 12.5. The Kier molecular flexibility index (Phi) is 4.96. The van der Waals surface area contributed by atoms with Crippen molar-refractivity contribution in [1.29, 1.82) is 0 Å². The van der Waals surface area contributed by atoms with E-state index in [1.807, 2.05) is 57.4 Å². The molecule has 0 aliphatic carbocycles. The van der Waals surface area contributed by atoms with Crippen LogP contribution in [0, 0.1) is 6.92 Å². The highest BCUT2D eigenvalue weighted by molar-refractivity contribution is 7.98. The molecule has 0 radical (unpaired) electrons. The molecule has 2 aromatic rings. The molecule has 0 fully saturated rings. The lowest BCUT2D eigenvalue weighted by molar-refractivity contribution is 0.102. The van der Waals surface area contributed by atoms with Gasteiger partial charge in [0.1, 0.15) is 10.9 Å². The summed E-state index contributed by atoms with van der Waals surface area (Å²) in [5.41, 5.74) is 2.03. The largest absolute Gasteiger partial charge is 0.322 e. The van der Waals surface area contributed by atoms with Gasteiger partial charge in [0.15, 0.2) is 0 Å². The van der Waals surface area contributed by atoms with Gasteiger partial charge in [0.05, 0.1) is 11.3 Å². The minimum atomic E-state index is -0.168. The standard InChI is InChI=1S/C16H19N3OS/c1-10(2)14-17-11(3)13(16(19-14)21-4)15(20)18-12-8-6-5-7-9-12/h5-10H,1-4H3,(H,18,20). The first-order valence-electron chi connectivity index (χ1n) is 6.81. The van der Waals surface area contributed by atoms with Crippen molar-refractivity contribution in [3.8, 4) is 0 Å². The highest BCUT2D eigenvalue weighted by atomic mass is 32.2. The van der Waals surface area contributed by atoms with Crippen LogP contribution in [-0.2, 0) is 0 Å². The van der Waals surface area contributed by atoms with E-state index < -0.39 is 0 Å². The van der Waals surface area contributed by atoms with Gasteiger partial charge in [-0.25, -0.2) is 9.97 Å². The number of rotatable bonds is 4. The van der Waals surface area contributed by atoms with Gasteiger partial charge < -0.3 is 5.32 Å². The SMILES string of the molecule is CSc1nc(C(C)C)nc(C)c1C(=O)Nc1ccccc1. The van der Waals surface area contributed by atoms with Crippen LogP contribution in [0.4, 0.5) is 5.69 Å². The van der Waals surface area contributed by atoms with Crippen molar-refractivity contribution >= 4 is 23.4 Å². The van der Waals surface area contributed by atoms with E-state index in [1.165, 1.54) is 11.8 Å². The lowest BCUT2D eigenvalue weighted by Crippen LogP contribution is -2.17. The van der Waals surface area contributed by atoms with Gasteiger partial charge in [-0.05, 0) is 25.3 Å². The molecule has 2 rings (SSSR count). The second-order valence-corrected chi connectivity index (χ2v) is 5.82. The van der Waals surface area contributed by atoms with Crippen LogP contribution in [0.25, 0.3) is 0 Å². The molecule has 1 amide bonds.